The first-order chi connectivity index (χ1) is 12.6. The number of rotatable bonds is 5. The zero-order valence-electron chi connectivity index (χ0n) is 16.0. The van der Waals surface area contributed by atoms with Crippen LogP contribution in [-0.4, -0.2) is 53.7 Å². The summed E-state index contributed by atoms with van der Waals surface area (Å²) in [7, 11) is 1.80. The zero-order chi connectivity index (χ0) is 18.4. The number of amides is 2. The number of carbonyl (C=O) groups excluding carboxylic acids is 1. The Morgan fingerprint density at radius 3 is 2.81 bits per heavy atom. The first kappa shape index (κ1) is 19.0. The number of nitrogens with one attached hydrogen (secondary N) is 1. The third-order valence-electron chi connectivity index (χ3n) is 5.86. The molecule has 1 heterocycles. The van der Waals surface area contributed by atoms with Crippen molar-refractivity contribution >= 4 is 6.03 Å². The minimum absolute atomic E-state index is 0.0388. The van der Waals surface area contributed by atoms with Gasteiger partial charge in [0.25, 0.3) is 0 Å². The molecule has 0 bridgehead atoms. The summed E-state index contributed by atoms with van der Waals surface area (Å²) in [6, 6.07) is 7.81. The van der Waals surface area contributed by atoms with E-state index in [1.807, 2.05) is 6.07 Å². The van der Waals surface area contributed by atoms with E-state index in [0.29, 0.717) is 12.5 Å². The fourth-order valence-corrected chi connectivity index (χ4v) is 4.41. The molecule has 0 spiro atoms. The number of hydrogen-bond acceptors (Lipinski definition) is 3. The second-order valence-corrected chi connectivity index (χ2v) is 8.01. The molecular formula is C21H33N3O2. The van der Waals surface area contributed by atoms with Crippen LogP contribution in [0.25, 0.3) is 0 Å². The lowest BCUT2D eigenvalue weighted by Gasteiger charge is -2.40. The van der Waals surface area contributed by atoms with Gasteiger partial charge in [-0.15, -0.1) is 0 Å². The van der Waals surface area contributed by atoms with Crippen LogP contribution >= 0.6 is 0 Å². The molecule has 3 rings (SSSR count). The lowest BCUT2D eigenvalue weighted by molar-refractivity contribution is 0.0979. The van der Waals surface area contributed by atoms with E-state index in [-0.39, 0.29) is 11.8 Å². The third kappa shape index (κ3) is 5.37. The summed E-state index contributed by atoms with van der Waals surface area (Å²) in [5.74, 6) is 0.796. The maximum Gasteiger partial charge on any atom is 0.317 e. The molecule has 1 aromatic carbocycles. The van der Waals surface area contributed by atoms with Crippen LogP contribution < -0.4 is 5.32 Å². The molecule has 1 saturated heterocycles. The van der Waals surface area contributed by atoms with Gasteiger partial charge in [0.05, 0.1) is 0 Å². The number of phenolic OH excluding ortho intramolecular Hbond substituents is 1. The van der Waals surface area contributed by atoms with Crippen molar-refractivity contribution in [1.29, 1.82) is 0 Å². The third-order valence-corrected chi connectivity index (χ3v) is 5.86. The standard InChI is InChI=1S/C21H33N3O2/c1-23(15-17-7-5-11-20(25)13-17)21(26)22-14-18-8-6-12-24(16-18)19-9-3-2-4-10-19/h5,7,11,13,18-19,25H,2-4,6,8-10,12,14-16H2,1H3,(H,22,26). The van der Waals surface area contributed by atoms with Gasteiger partial charge in [0.1, 0.15) is 5.75 Å². The fraction of sp³-hybridized carbons (Fsp3) is 0.667. The smallest absolute Gasteiger partial charge is 0.317 e. The van der Waals surface area contributed by atoms with Crippen molar-refractivity contribution in [3.8, 4) is 5.75 Å². The molecule has 1 unspecified atom stereocenters. The van der Waals surface area contributed by atoms with Gasteiger partial charge in [0.2, 0.25) is 0 Å². The van der Waals surface area contributed by atoms with E-state index in [9.17, 15) is 9.90 Å². The van der Waals surface area contributed by atoms with Gasteiger partial charge < -0.3 is 20.2 Å². The van der Waals surface area contributed by atoms with E-state index in [4.69, 9.17) is 0 Å². The number of nitrogens with zero attached hydrogens (tertiary/aromatic N) is 2. The predicted molar refractivity (Wildman–Crippen MR) is 104 cm³/mol. The quantitative estimate of drug-likeness (QED) is 0.845. The van der Waals surface area contributed by atoms with Crippen molar-refractivity contribution in [2.75, 3.05) is 26.7 Å². The van der Waals surface area contributed by atoms with Gasteiger partial charge in [-0.2, -0.15) is 0 Å². The predicted octanol–water partition coefficient (Wildman–Crippen LogP) is 3.58. The van der Waals surface area contributed by atoms with Crippen molar-refractivity contribution in [2.24, 2.45) is 5.92 Å². The molecule has 2 amide bonds. The molecule has 1 atom stereocenters. The van der Waals surface area contributed by atoms with Crippen LogP contribution in [0.4, 0.5) is 4.79 Å². The molecule has 2 fully saturated rings. The lowest BCUT2D eigenvalue weighted by atomic mass is 9.90. The second-order valence-electron chi connectivity index (χ2n) is 8.01. The summed E-state index contributed by atoms with van der Waals surface area (Å²) in [6.45, 7) is 3.61. The van der Waals surface area contributed by atoms with Gasteiger partial charge in [-0.05, 0) is 55.8 Å². The van der Waals surface area contributed by atoms with E-state index in [2.05, 4.69) is 10.2 Å². The van der Waals surface area contributed by atoms with E-state index < -0.39 is 0 Å². The number of hydrogen-bond donors (Lipinski definition) is 2. The number of urea groups is 1. The summed E-state index contributed by atoms with van der Waals surface area (Å²) in [4.78, 5) is 16.8. The molecule has 1 saturated carbocycles. The maximum absolute atomic E-state index is 12.4. The highest BCUT2D eigenvalue weighted by Gasteiger charge is 2.27. The fourth-order valence-electron chi connectivity index (χ4n) is 4.41. The van der Waals surface area contributed by atoms with E-state index >= 15 is 0 Å². The molecule has 0 aromatic heterocycles. The number of piperidine rings is 1. The second kappa shape index (κ2) is 9.26. The van der Waals surface area contributed by atoms with Crippen molar-refractivity contribution in [3.05, 3.63) is 29.8 Å². The van der Waals surface area contributed by atoms with E-state index in [1.54, 1.807) is 30.1 Å². The number of aromatic hydroxyl groups is 1. The highest BCUT2D eigenvalue weighted by atomic mass is 16.3. The minimum atomic E-state index is -0.0388. The Hall–Kier alpha value is -1.75. The number of carbonyl (C=O) groups is 1. The molecule has 144 valence electrons. The molecule has 2 aliphatic rings. The van der Waals surface area contributed by atoms with Gasteiger partial charge >= 0.3 is 6.03 Å². The highest BCUT2D eigenvalue weighted by molar-refractivity contribution is 5.73. The van der Waals surface area contributed by atoms with Gasteiger partial charge in [0.15, 0.2) is 0 Å². The van der Waals surface area contributed by atoms with Crippen molar-refractivity contribution in [2.45, 2.75) is 57.5 Å². The average molecular weight is 360 g/mol. The van der Waals surface area contributed by atoms with E-state index in [1.165, 1.54) is 51.5 Å². The molecule has 26 heavy (non-hydrogen) atoms. The van der Waals surface area contributed by atoms with Gasteiger partial charge in [0, 0.05) is 32.7 Å². The molecule has 1 aliphatic heterocycles. The molecule has 5 nitrogen and oxygen atoms in total. The number of phenols is 1. The molecular weight excluding hydrogens is 326 g/mol. The Morgan fingerprint density at radius 2 is 2.04 bits per heavy atom. The van der Waals surface area contributed by atoms with Crippen LogP contribution in [0.3, 0.4) is 0 Å². The summed E-state index contributed by atoms with van der Waals surface area (Å²) in [5.41, 5.74) is 0.934. The van der Waals surface area contributed by atoms with Gasteiger partial charge in [-0.1, -0.05) is 31.4 Å². The Bertz CT molecular complexity index is 586. The first-order valence-corrected chi connectivity index (χ1v) is 10.1. The Kier molecular flexibility index (Phi) is 6.78. The largest absolute Gasteiger partial charge is 0.508 e. The normalized spacial score (nSPS) is 22.1. The molecule has 5 heteroatoms. The highest BCUT2D eigenvalue weighted by Crippen LogP contribution is 2.27. The van der Waals surface area contributed by atoms with Crippen LogP contribution in [0.2, 0.25) is 0 Å². The number of benzene rings is 1. The average Bonchev–Trinajstić information content (AvgIpc) is 2.67. The van der Waals surface area contributed by atoms with E-state index in [0.717, 1.165) is 24.7 Å². The Labute approximate surface area is 157 Å². The summed E-state index contributed by atoms with van der Waals surface area (Å²) < 4.78 is 0. The summed E-state index contributed by atoms with van der Waals surface area (Å²) >= 11 is 0. The monoisotopic (exact) mass is 359 g/mol. The zero-order valence-corrected chi connectivity index (χ0v) is 16.0. The summed E-state index contributed by atoms with van der Waals surface area (Å²) in [6.07, 6.45) is 9.31. The molecule has 1 aliphatic carbocycles. The molecule has 1 aromatic rings. The SMILES string of the molecule is CN(Cc1cccc(O)c1)C(=O)NCC1CCCN(C2CCCCC2)C1. The van der Waals surface area contributed by atoms with Crippen molar-refractivity contribution < 1.29 is 9.90 Å². The lowest BCUT2D eigenvalue weighted by Crippen LogP contribution is -2.47. The van der Waals surface area contributed by atoms with Crippen LogP contribution in [0.1, 0.15) is 50.5 Å². The molecule has 0 radical (unpaired) electrons. The summed E-state index contributed by atoms with van der Waals surface area (Å²) in [5, 5.41) is 12.7. The maximum atomic E-state index is 12.4. The number of likely N-dealkylation sites (tertiary alicyclic amines) is 1. The Morgan fingerprint density at radius 1 is 1.23 bits per heavy atom. The topological polar surface area (TPSA) is 55.8 Å². The Balaban J connectivity index is 1.43. The van der Waals surface area contributed by atoms with Crippen LogP contribution in [0.5, 0.6) is 5.75 Å². The first-order valence-electron chi connectivity index (χ1n) is 10.1. The molecule has 2 N–H and O–H groups in total. The van der Waals surface area contributed by atoms with Gasteiger partial charge in [-0.3, -0.25) is 0 Å². The van der Waals surface area contributed by atoms with Crippen LogP contribution in [0, 0.1) is 5.92 Å². The van der Waals surface area contributed by atoms with Gasteiger partial charge in [-0.25, -0.2) is 4.79 Å². The van der Waals surface area contributed by atoms with Crippen molar-refractivity contribution in [3.63, 3.8) is 0 Å². The van der Waals surface area contributed by atoms with Crippen LogP contribution in [0.15, 0.2) is 24.3 Å². The minimum Gasteiger partial charge on any atom is -0.508 e. The van der Waals surface area contributed by atoms with Crippen molar-refractivity contribution in [1.82, 2.24) is 15.1 Å². The van der Waals surface area contributed by atoms with Crippen LogP contribution in [-0.2, 0) is 6.54 Å².